The molecule has 9 nitrogen and oxygen atoms in total. The van der Waals surface area contributed by atoms with Gasteiger partial charge in [-0.3, -0.25) is 9.36 Å². The van der Waals surface area contributed by atoms with Gasteiger partial charge in [0.2, 0.25) is 0 Å². The molecule has 0 aromatic carbocycles. The molecule has 0 bridgehead atoms. The number of carbonyl (C=O) groups excluding carboxylic acids is 2. The number of nitrogen functional groups attached to an aromatic ring is 1. The summed E-state index contributed by atoms with van der Waals surface area (Å²) < 4.78 is 29.0. The summed E-state index contributed by atoms with van der Waals surface area (Å²) in [4.78, 5) is 36.8. The molecule has 0 saturated carbocycles. The molecule has 1 aliphatic rings. The molecule has 23 heavy (non-hydrogen) atoms. The summed E-state index contributed by atoms with van der Waals surface area (Å²) in [6.07, 6.45) is 2.40. The second-order valence-electron chi connectivity index (χ2n) is 4.58. The molecule has 124 valence electrons. The Morgan fingerprint density at radius 3 is 2.87 bits per heavy atom. The third kappa shape index (κ3) is 4.36. The van der Waals surface area contributed by atoms with Gasteiger partial charge in [0, 0.05) is 6.92 Å². The highest BCUT2D eigenvalue weighted by Crippen LogP contribution is 2.20. The number of hydrogen-bond donors (Lipinski definition) is 1. The number of hydrogen-bond acceptors (Lipinski definition) is 8. The second kappa shape index (κ2) is 7.01. The second-order valence-corrected chi connectivity index (χ2v) is 4.58. The molecule has 0 saturated heterocycles. The van der Waals surface area contributed by atoms with Crippen molar-refractivity contribution in [1.82, 2.24) is 9.55 Å². The van der Waals surface area contributed by atoms with Gasteiger partial charge in [-0.25, -0.2) is 14.0 Å². The van der Waals surface area contributed by atoms with Gasteiger partial charge >= 0.3 is 17.6 Å². The van der Waals surface area contributed by atoms with Crippen molar-refractivity contribution in [1.29, 1.82) is 0 Å². The number of nitrogens with zero attached hydrogens (tertiary/aromatic N) is 2. The normalized spacial score (nSPS) is 19.6. The van der Waals surface area contributed by atoms with Crippen molar-refractivity contribution in [2.75, 3.05) is 18.9 Å². The van der Waals surface area contributed by atoms with E-state index in [9.17, 15) is 18.8 Å². The largest absolute Gasteiger partial charge is 0.460 e. The predicted octanol–water partition coefficient (Wildman–Crippen LogP) is -0.476. The Morgan fingerprint density at radius 1 is 1.43 bits per heavy atom. The number of carbonyl (C=O) groups is 2. The average Bonchev–Trinajstić information content (AvgIpc) is 2.95. The fourth-order valence-electron chi connectivity index (χ4n) is 1.76. The molecule has 0 aliphatic carbocycles. The molecule has 1 aromatic heterocycles. The van der Waals surface area contributed by atoms with E-state index in [1.165, 1.54) is 6.08 Å². The van der Waals surface area contributed by atoms with Crippen molar-refractivity contribution in [3.05, 3.63) is 34.7 Å². The van der Waals surface area contributed by atoms with Crippen molar-refractivity contribution in [2.45, 2.75) is 19.3 Å². The highest BCUT2D eigenvalue weighted by molar-refractivity contribution is 5.75. The summed E-state index contributed by atoms with van der Waals surface area (Å²) in [6.45, 7) is 0.521. The van der Waals surface area contributed by atoms with Crippen molar-refractivity contribution in [3.8, 4) is 0 Å². The minimum atomic E-state index is -0.887. The Kier molecular flexibility index (Phi) is 5.06. The van der Waals surface area contributed by atoms with Gasteiger partial charge in [-0.1, -0.05) is 6.08 Å². The highest BCUT2D eigenvalue weighted by Gasteiger charge is 2.24. The van der Waals surface area contributed by atoms with Gasteiger partial charge in [0.1, 0.15) is 12.7 Å². The average molecular weight is 327 g/mol. The van der Waals surface area contributed by atoms with Gasteiger partial charge in [0.05, 0.1) is 6.20 Å². The monoisotopic (exact) mass is 327 g/mol. The summed E-state index contributed by atoms with van der Waals surface area (Å²) in [5.41, 5.74) is 4.42. The molecule has 10 heteroatoms. The Balaban J connectivity index is 1.89. The van der Waals surface area contributed by atoms with Crippen molar-refractivity contribution < 1.29 is 28.2 Å². The third-order valence-corrected chi connectivity index (χ3v) is 2.81. The first-order valence-electron chi connectivity index (χ1n) is 6.53. The molecule has 2 unspecified atom stereocenters. The molecular formula is C13H14FN3O6. The number of esters is 2. The molecule has 1 aliphatic heterocycles. The number of ether oxygens (including phenoxy) is 3. The molecule has 1 aromatic rings. The summed E-state index contributed by atoms with van der Waals surface area (Å²) >= 11 is 0. The first-order valence-corrected chi connectivity index (χ1v) is 6.53. The lowest BCUT2D eigenvalue weighted by atomic mass is 10.4. The van der Waals surface area contributed by atoms with E-state index in [0.717, 1.165) is 17.7 Å². The van der Waals surface area contributed by atoms with Crippen LogP contribution in [0.1, 0.15) is 13.2 Å². The van der Waals surface area contributed by atoms with Crippen LogP contribution >= 0.6 is 0 Å². The van der Waals surface area contributed by atoms with E-state index in [0.29, 0.717) is 0 Å². The molecule has 0 amide bonds. The third-order valence-electron chi connectivity index (χ3n) is 2.81. The maximum atomic E-state index is 13.4. The minimum Gasteiger partial charge on any atom is -0.460 e. The molecule has 2 N–H and O–H groups in total. The standard InChI is InChI=1S/C13H14FN3O6/c1-7(18)21-6-11(19)22-5-8-2-3-10(23-8)17-4-9(14)12(15)16-13(17)20/h2-4,8,10H,5-6H2,1H3,(H2,15,16,20). The van der Waals surface area contributed by atoms with E-state index in [1.807, 2.05) is 0 Å². The SMILES string of the molecule is CC(=O)OCC(=O)OCC1C=CC(n2cc(F)c(N)nc2=O)O1. The maximum Gasteiger partial charge on any atom is 0.352 e. The maximum absolute atomic E-state index is 13.4. The lowest BCUT2D eigenvalue weighted by Crippen LogP contribution is -2.29. The van der Waals surface area contributed by atoms with Gasteiger partial charge in [0.25, 0.3) is 0 Å². The summed E-state index contributed by atoms with van der Waals surface area (Å²) in [5, 5.41) is 0. The van der Waals surface area contributed by atoms with Gasteiger partial charge < -0.3 is 19.9 Å². The van der Waals surface area contributed by atoms with E-state index in [4.69, 9.17) is 15.2 Å². The van der Waals surface area contributed by atoms with Crippen LogP contribution in [0, 0.1) is 5.82 Å². The smallest absolute Gasteiger partial charge is 0.352 e. The van der Waals surface area contributed by atoms with Crippen LogP contribution in [0.3, 0.4) is 0 Å². The van der Waals surface area contributed by atoms with Crippen LogP contribution in [-0.4, -0.2) is 40.8 Å². The fourth-order valence-corrected chi connectivity index (χ4v) is 1.76. The molecule has 2 atom stereocenters. The molecular weight excluding hydrogens is 313 g/mol. The molecule has 2 rings (SSSR count). The lowest BCUT2D eigenvalue weighted by Gasteiger charge is -2.16. The first kappa shape index (κ1) is 16.6. The highest BCUT2D eigenvalue weighted by atomic mass is 19.1. The molecule has 0 fully saturated rings. The van der Waals surface area contributed by atoms with E-state index >= 15 is 0 Å². The van der Waals surface area contributed by atoms with Gasteiger partial charge in [-0.2, -0.15) is 4.98 Å². The van der Waals surface area contributed by atoms with Crippen molar-refractivity contribution in [3.63, 3.8) is 0 Å². The number of anilines is 1. The van der Waals surface area contributed by atoms with E-state index < -0.39 is 48.2 Å². The van der Waals surface area contributed by atoms with Gasteiger partial charge in [-0.15, -0.1) is 0 Å². The number of nitrogens with two attached hydrogens (primary N) is 1. The van der Waals surface area contributed by atoms with Gasteiger partial charge in [-0.05, 0) is 6.08 Å². The van der Waals surface area contributed by atoms with Crippen LogP contribution in [0.4, 0.5) is 10.2 Å². The van der Waals surface area contributed by atoms with Gasteiger partial charge in [0.15, 0.2) is 24.5 Å². The van der Waals surface area contributed by atoms with Crippen LogP contribution < -0.4 is 11.4 Å². The molecule has 2 heterocycles. The van der Waals surface area contributed by atoms with Crippen molar-refractivity contribution >= 4 is 17.8 Å². The number of halogens is 1. The Morgan fingerprint density at radius 2 is 2.17 bits per heavy atom. The number of aromatic nitrogens is 2. The van der Waals surface area contributed by atoms with E-state index in [2.05, 4.69) is 9.72 Å². The zero-order chi connectivity index (χ0) is 17.0. The quantitative estimate of drug-likeness (QED) is 0.568. The Labute approximate surface area is 129 Å². The predicted molar refractivity (Wildman–Crippen MR) is 73.5 cm³/mol. The van der Waals surface area contributed by atoms with Crippen LogP contribution in [0.5, 0.6) is 0 Å². The zero-order valence-corrected chi connectivity index (χ0v) is 12.1. The first-order chi connectivity index (χ1) is 10.9. The summed E-state index contributed by atoms with van der Waals surface area (Å²) in [6, 6.07) is 0. The van der Waals surface area contributed by atoms with Crippen LogP contribution in [0.25, 0.3) is 0 Å². The van der Waals surface area contributed by atoms with Crippen molar-refractivity contribution in [2.24, 2.45) is 0 Å². The fraction of sp³-hybridized carbons (Fsp3) is 0.385. The topological polar surface area (TPSA) is 123 Å². The summed E-state index contributed by atoms with van der Waals surface area (Å²) in [5.74, 6) is -2.68. The zero-order valence-electron chi connectivity index (χ0n) is 12.1. The van der Waals surface area contributed by atoms with Crippen LogP contribution in [-0.2, 0) is 23.8 Å². The van der Waals surface area contributed by atoms with E-state index in [-0.39, 0.29) is 6.61 Å². The van der Waals surface area contributed by atoms with Crippen LogP contribution in [0.2, 0.25) is 0 Å². The Bertz CT molecular complexity index is 701. The molecule has 0 radical (unpaired) electrons. The van der Waals surface area contributed by atoms with Crippen LogP contribution in [0.15, 0.2) is 23.1 Å². The lowest BCUT2D eigenvalue weighted by molar-refractivity contribution is -0.160. The van der Waals surface area contributed by atoms with E-state index in [1.54, 1.807) is 6.08 Å². The minimum absolute atomic E-state index is 0.146. The Hall–Kier alpha value is -2.75. The number of rotatable bonds is 5. The molecule has 0 spiro atoms. The summed E-state index contributed by atoms with van der Waals surface area (Å²) in [7, 11) is 0.